The first-order valence-corrected chi connectivity index (χ1v) is 9.62. The number of rotatable bonds is 4. The van der Waals surface area contributed by atoms with Crippen LogP contribution in [0.15, 0.2) is 41.1 Å². The van der Waals surface area contributed by atoms with Crippen molar-refractivity contribution >= 4 is 16.9 Å². The predicted octanol–water partition coefficient (Wildman–Crippen LogP) is 0.774. The van der Waals surface area contributed by atoms with E-state index in [0.29, 0.717) is 24.8 Å². The standard InChI is InChI=1S/C19H23N7O2/c27-19(18-20-12-22-24-18)26-7-5-25(6-8-26)11-14-10-21-23-17(14)16-9-13-3-1-2-4-15(13)28-16/h1-4,9,12,14,17,21,23H,5-8,10-11H2,(H,20,22,24). The van der Waals surface area contributed by atoms with Crippen molar-refractivity contribution in [3.63, 3.8) is 0 Å². The van der Waals surface area contributed by atoms with Gasteiger partial charge in [0.1, 0.15) is 17.7 Å². The molecule has 0 aliphatic carbocycles. The number of nitrogens with zero attached hydrogens (tertiary/aromatic N) is 4. The van der Waals surface area contributed by atoms with Crippen LogP contribution in [0.3, 0.4) is 0 Å². The van der Waals surface area contributed by atoms with Crippen molar-refractivity contribution in [2.75, 3.05) is 39.3 Å². The van der Waals surface area contributed by atoms with Gasteiger partial charge in [0, 0.05) is 50.6 Å². The molecular formula is C19H23N7O2. The van der Waals surface area contributed by atoms with Crippen molar-refractivity contribution in [2.45, 2.75) is 6.04 Å². The highest BCUT2D eigenvalue weighted by Crippen LogP contribution is 2.30. The fraction of sp³-hybridized carbons (Fsp3) is 0.421. The Hall–Kier alpha value is -2.75. The summed E-state index contributed by atoms with van der Waals surface area (Å²) < 4.78 is 6.07. The zero-order chi connectivity index (χ0) is 18.9. The first-order chi connectivity index (χ1) is 13.8. The number of piperazine rings is 1. The van der Waals surface area contributed by atoms with E-state index in [1.165, 1.54) is 6.33 Å². The van der Waals surface area contributed by atoms with Gasteiger partial charge in [-0.1, -0.05) is 18.2 Å². The number of para-hydroxylation sites is 1. The van der Waals surface area contributed by atoms with Crippen LogP contribution in [0.25, 0.3) is 11.0 Å². The quantitative estimate of drug-likeness (QED) is 0.614. The fourth-order valence-electron chi connectivity index (χ4n) is 4.09. The Morgan fingerprint density at radius 3 is 2.86 bits per heavy atom. The number of hydrogen-bond donors (Lipinski definition) is 3. The number of nitrogens with one attached hydrogen (secondary N) is 3. The van der Waals surface area contributed by atoms with Crippen LogP contribution >= 0.6 is 0 Å². The van der Waals surface area contributed by atoms with Gasteiger partial charge in [-0.2, -0.15) is 5.10 Å². The van der Waals surface area contributed by atoms with Crippen molar-refractivity contribution in [2.24, 2.45) is 5.92 Å². The molecule has 2 aliphatic rings. The molecule has 3 N–H and O–H groups in total. The number of H-pyrrole nitrogens is 1. The van der Waals surface area contributed by atoms with Gasteiger partial charge in [-0.05, 0) is 12.1 Å². The Morgan fingerprint density at radius 1 is 1.21 bits per heavy atom. The number of amides is 1. The van der Waals surface area contributed by atoms with E-state index in [1.54, 1.807) is 0 Å². The first kappa shape index (κ1) is 17.4. The maximum Gasteiger partial charge on any atom is 0.291 e. The van der Waals surface area contributed by atoms with Crippen LogP contribution in [0.1, 0.15) is 22.4 Å². The number of benzene rings is 1. The summed E-state index contributed by atoms with van der Waals surface area (Å²) >= 11 is 0. The van der Waals surface area contributed by atoms with Gasteiger partial charge in [-0.25, -0.2) is 10.4 Å². The highest BCUT2D eigenvalue weighted by molar-refractivity contribution is 5.90. The van der Waals surface area contributed by atoms with Crippen molar-refractivity contribution in [3.8, 4) is 0 Å². The lowest BCUT2D eigenvalue weighted by Gasteiger charge is -2.36. The second-order valence-electron chi connectivity index (χ2n) is 7.38. The minimum absolute atomic E-state index is 0.0819. The molecule has 1 amide bonds. The van der Waals surface area contributed by atoms with E-state index < -0.39 is 0 Å². The lowest BCUT2D eigenvalue weighted by atomic mass is 9.98. The molecule has 28 heavy (non-hydrogen) atoms. The summed E-state index contributed by atoms with van der Waals surface area (Å²) in [6.07, 6.45) is 1.36. The zero-order valence-electron chi connectivity index (χ0n) is 15.5. The van der Waals surface area contributed by atoms with Crippen LogP contribution in [-0.4, -0.2) is 70.2 Å². The van der Waals surface area contributed by atoms with E-state index in [9.17, 15) is 4.79 Å². The number of carbonyl (C=O) groups is 1. The van der Waals surface area contributed by atoms with E-state index in [4.69, 9.17) is 4.42 Å². The fourth-order valence-corrected chi connectivity index (χ4v) is 4.09. The third-order valence-corrected chi connectivity index (χ3v) is 5.61. The summed E-state index contributed by atoms with van der Waals surface area (Å²) in [4.78, 5) is 20.6. The molecule has 9 nitrogen and oxygen atoms in total. The molecule has 0 radical (unpaired) electrons. The SMILES string of the molecule is O=C(c1ncn[nH]1)N1CCN(CC2CNNC2c2cc3ccccc3o2)CC1. The van der Waals surface area contributed by atoms with E-state index in [1.807, 2.05) is 23.1 Å². The maximum atomic E-state index is 12.4. The molecule has 0 bridgehead atoms. The van der Waals surface area contributed by atoms with Crippen LogP contribution in [0, 0.1) is 5.92 Å². The summed E-state index contributed by atoms with van der Waals surface area (Å²) in [6, 6.07) is 10.4. The minimum atomic E-state index is -0.0819. The highest BCUT2D eigenvalue weighted by Gasteiger charge is 2.33. The zero-order valence-corrected chi connectivity index (χ0v) is 15.5. The molecule has 1 aromatic carbocycles. The summed E-state index contributed by atoms with van der Waals surface area (Å²) in [6.45, 7) is 4.93. The largest absolute Gasteiger partial charge is 0.459 e. The predicted molar refractivity (Wildman–Crippen MR) is 102 cm³/mol. The van der Waals surface area contributed by atoms with Crippen LogP contribution in [-0.2, 0) is 0 Å². The summed E-state index contributed by atoms with van der Waals surface area (Å²) in [5.74, 6) is 1.59. The van der Waals surface area contributed by atoms with Gasteiger partial charge in [-0.3, -0.25) is 20.2 Å². The van der Waals surface area contributed by atoms with Crippen LogP contribution in [0.5, 0.6) is 0 Å². The van der Waals surface area contributed by atoms with Crippen molar-refractivity contribution < 1.29 is 9.21 Å². The van der Waals surface area contributed by atoms with Gasteiger partial charge in [0.15, 0.2) is 0 Å². The molecule has 5 rings (SSSR count). The summed E-state index contributed by atoms with van der Waals surface area (Å²) in [5.41, 5.74) is 7.57. The number of fused-ring (bicyclic) bond motifs is 1. The molecule has 2 unspecified atom stereocenters. The van der Waals surface area contributed by atoms with Crippen LogP contribution in [0.2, 0.25) is 0 Å². The molecule has 3 aromatic rings. The number of aromatic amines is 1. The molecule has 0 saturated carbocycles. The lowest BCUT2D eigenvalue weighted by molar-refractivity contribution is 0.0603. The summed E-state index contributed by atoms with van der Waals surface area (Å²) in [7, 11) is 0. The van der Waals surface area contributed by atoms with Gasteiger partial charge >= 0.3 is 0 Å². The van der Waals surface area contributed by atoms with Gasteiger partial charge < -0.3 is 9.32 Å². The first-order valence-electron chi connectivity index (χ1n) is 9.62. The highest BCUT2D eigenvalue weighted by atomic mass is 16.3. The smallest absolute Gasteiger partial charge is 0.291 e. The molecule has 4 heterocycles. The average molecular weight is 381 g/mol. The number of furan rings is 1. The van der Waals surface area contributed by atoms with Gasteiger partial charge in [0.2, 0.25) is 5.82 Å². The number of hydrazine groups is 1. The molecule has 2 saturated heterocycles. The average Bonchev–Trinajstić information content (AvgIpc) is 3.47. The van der Waals surface area contributed by atoms with E-state index in [0.717, 1.165) is 42.9 Å². The van der Waals surface area contributed by atoms with Crippen LogP contribution in [0.4, 0.5) is 0 Å². The minimum Gasteiger partial charge on any atom is -0.459 e. The molecule has 0 spiro atoms. The Kier molecular flexibility index (Phi) is 4.55. The number of aromatic nitrogens is 3. The third-order valence-electron chi connectivity index (χ3n) is 5.61. The molecule has 9 heteroatoms. The normalized spacial score (nSPS) is 23.5. The molecular weight excluding hydrogens is 358 g/mol. The van der Waals surface area contributed by atoms with Crippen molar-refractivity contribution in [3.05, 3.63) is 48.2 Å². The Bertz CT molecular complexity index is 913. The Morgan fingerprint density at radius 2 is 2.07 bits per heavy atom. The Balaban J connectivity index is 1.21. The van der Waals surface area contributed by atoms with Crippen molar-refractivity contribution in [1.29, 1.82) is 0 Å². The molecule has 2 fully saturated rings. The molecule has 2 aromatic heterocycles. The lowest BCUT2D eigenvalue weighted by Crippen LogP contribution is -2.50. The molecule has 2 atom stereocenters. The van der Waals surface area contributed by atoms with Crippen LogP contribution < -0.4 is 10.9 Å². The molecule has 2 aliphatic heterocycles. The van der Waals surface area contributed by atoms with E-state index in [2.05, 4.69) is 43.1 Å². The van der Waals surface area contributed by atoms with Gasteiger partial charge in [0.25, 0.3) is 5.91 Å². The monoisotopic (exact) mass is 381 g/mol. The maximum absolute atomic E-state index is 12.4. The third kappa shape index (κ3) is 3.28. The second kappa shape index (κ2) is 7.34. The number of carbonyl (C=O) groups excluding carboxylic acids is 1. The van der Waals surface area contributed by atoms with Crippen molar-refractivity contribution in [1.82, 2.24) is 35.8 Å². The molecule has 146 valence electrons. The van der Waals surface area contributed by atoms with E-state index >= 15 is 0 Å². The van der Waals surface area contributed by atoms with Gasteiger partial charge in [-0.15, -0.1) is 0 Å². The van der Waals surface area contributed by atoms with Gasteiger partial charge in [0.05, 0.1) is 6.04 Å². The Labute approximate surface area is 162 Å². The number of hydrogen-bond acceptors (Lipinski definition) is 7. The topological polar surface area (TPSA) is 102 Å². The second-order valence-corrected chi connectivity index (χ2v) is 7.38. The summed E-state index contributed by atoms with van der Waals surface area (Å²) in [5, 5.41) is 7.53. The van der Waals surface area contributed by atoms with E-state index in [-0.39, 0.29) is 11.9 Å².